The molecule has 104 valence electrons. The van der Waals surface area contributed by atoms with Gasteiger partial charge in [0, 0.05) is 19.6 Å². The minimum absolute atomic E-state index is 0.140. The summed E-state index contributed by atoms with van der Waals surface area (Å²) in [6.07, 6.45) is 2.00. The molecule has 1 saturated heterocycles. The second-order valence-corrected chi connectivity index (χ2v) is 5.40. The van der Waals surface area contributed by atoms with Crippen molar-refractivity contribution in [2.75, 3.05) is 20.1 Å². The number of hydrogen-bond donors (Lipinski definition) is 1. The van der Waals surface area contributed by atoms with Crippen molar-refractivity contribution in [3.8, 4) is 0 Å². The molecule has 1 aromatic carbocycles. The summed E-state index contributed by atoms with van der Waals surface area (Å²) in [5.74, 6) is -0.625. The molecule has 1 amide bonds. The molecule has 2 rings (SSSR count). The molecule has 1 fully saturated rings. The van der Waals surface area contributed by atoms with Gasteiger partial charge in [0.05, 0.1) is 10.6 Å². The number of aryl methyl sites for hydroxylation is 1. The number of amides is 1. The summed E-state index contributed by atoms with van der Waals surface area (Å²) in [6, 6.07) is 2.87. The molecular formula is C14H18ClFN2O. The second kappa shape index (κ2) is 5.88. The normalized spacial score (nSPS) is 19.3. The fraction of sp³-hybridized carbons (Fsp3) is 0.500. The summed E-state index contributed by atoms with van der Waals surface area (Å²) < 4.78 is 13.6. The summed E-state index contributed by atoms with van der Waals surface area (Å²) in [5, 5.41) is 3.56. The van der Waals surface area contributed by atoms with Gasteiger partial charge in [-0.05, 0) is 44.0 Å². The fourth-order valence-electron chi connectivity index (χ4n) is 2.33. The van der Waals surface area contributed by atoms with E-state index in [0.29, 0.717) is 10.6 Å². The van der Waals surface area contributed by atoms with Crippen molar-refractivity contribution in [2.45, 2.75) is 25.8 Å². The fourth-order valence-corrected chi connectivity index (χ4v) is 2.63. The predicted molar refractivity (Wildman–Crippen MR) is 74.1 cm³/mol. The molecule has 3 nitrogen and oxygen atoms in total. The molecular weight excluding hydrogens is 267 g/mol. The number of hydrogen-bond acceptors (Lipinski definition) is 2. The molecule has 0 saturated carbocycles. The van der Waals surface area contributed by atoms with Gasteiger partial charge in [0.15, 0.2) is 0 Å². The van der Waals surface area contributed by atoms with Crippen LogP contribution in [0.5, 0.6) is 0 Å². The van der Waals surface area contributed by atoms with Crippen LogP contribution in [-0.4, -0.2) is 37.0 Å². The highest BCUT2D eigenvalue weighted by atomic mass is 35.5. The number of carbonyl (C=O) groups is 1. The molecule has 19 heavy (non-hydrogen) atoms. The van der Waals surface area contributed by atoms with Crippen LogP contribution in [0.2, 0.25) is 5.02 Å². The van der Waals surface area contributed by atoms with Crippen molar-refractivity contribution in [1.82, 2.24) is 10.2 Å². The zero-order chi connectivity index (χ0) is 14.0. The van der Waals surface area contributed by atoms with Crippen molar-refractivity contribution >= 4 is 17.5 Å². The highest BCUT2D eigenvalue weighted by Gasteiger charge is 2.24. The van der Waals surface area contributed by atoms with Gasteiger partial charge in [-0.15, -0.1) is 0 Å². The minimum Gasteiger partial charge on any atom is -0.337 e. The van der Waals surface area contributed by atoms with Crippen LogP contribution in [-0.2, 0) is 0 Å². The Kier molecular flexibility index (Phi) is 4.42. The lowest BCUT2D eigenvalue weighted by molar-refractivity contribution is 0.0708. The first-order chi connectivity index (χ1) is 9.00. The first-order valence-electron chi connectivity index (χ1n) is 6.44. The summed E-state index contributed by atoms with van der Waals surface area (Å²) in [5.41, 5.74) is 0.682. The topological polar surface area (TPSA) is 32.3 Å². The molecule has 1 unspecified atom stereocenters. The number of likely N-dealkylation sites (N-methyl/N-ethyl adjacent to an activating group) is 1. The molecule has 1 aromatic rings. The van der Waals surface area contributed by atoms with Crippen LogP contribution < -0.4 is 5.32 Å². The Morgan fingerprint density at radius 2 is 2.26 bits per heavy atom. The van der Waals surface area contributed by atoms with Crippen LogP contribution in [0.1, 0.15) is 28.8 Å². The van der Waals surface area contributed by atoms with E-state index in [4.69, 9.17) is 11.6 Å². The van der Waals surface area contributed by atoms with E-state index in [9.17, 15) is 9.18 Å². The maximum atomic E-state index is 13.6. The minimum atomic E-state index is -0.400. The van der Waals surface area contributed by atoms with Crippen LogP contribution in [0.4, 0.5) is 4.39 Å². The Bertz CT molecular complexity index is 487. The molecule has 0 radical (unpaired) electrons. The van der Waals surface area contributed by atoms with Gasteiger partial charge in [-0.3, -0.25) is 4.79 Å². The molecule has 1 aliphatic heterocycles. The highest BCUT2D eigenvalue weighted by molar-refractivity contribution is 6.33. The van der Waals surface area contributed by atoms with Crippen LogP contribution in [0.25, 0.3) is 0 Å². The lowest BCUT2D eigenvalue weighted by atomic mass is 10.0. The Labute approximate surface area is 117 Å². The molecule has 0 aromatic heterocycles. The van der Waals surface area contributed by atoms with E-state index in [0.717, 1.165) is 25.9 Å². The first kappa shape index (κ1) is 14.3. The van der Waals surface area contributed by atoms with E-state index in [-0.39, 0.29) is 17.5 Å². The number of halogens is 2. The number of benzene rings is 1. The standard InChI is InChI=1S/C14H18ClFN2O/c1-9-6-12(15)11(7-13(9)16)14(19)18(2)10-4-3-5-17-8-10/h6-7,10,17H,3-5,8H2,1-2H3. The first-order valence-corrected chi connectivity index (χ1v) is 6.82. The predicted octanol–water partition coefficient (Wildman–Crippen LogP) is 2.61. The lowest BCUT2D eigenvalue weighted by Gasteiger charge is -2.32. The number of piperidine rings is 1. The van der Waals surface area contributed by atoms with E-state index in [2.05, 4.69) is 5.32 Å². The van der Waals surface area contributed by atoms with Crippen LogP contribution in [0.3, 0.4) is 0 Å². The molecule has 0 aliphatic carbocycles. The molecule has 0 spiro atoms. The van der Waals surface area contributed by atoms with Gasteiger partial charge in [-0.25, -0.2) is 4.39 Å². The van der Waals surface area contributed by atoms with Gasteiger partial charge >= 0.3 is 0 Å². The maximum absolute atomic E-state index is 13.6. The van der Waals surface area contributed by atoms with E-state index >= 15 is 0 Å². The second-order valence-electron chi connectivity index (χ2n) is 5.00. The summed E-state index contributed by atoms with van der Waals surface area (Å²) >= 11 is 6.05. The van der Waals surface area contributed by atoms with Crippen LogP contribution in [0.15, 0.2) is 12.1 Å². The number of nitrogens with zero attached hydrogens (tertiary/aromatic N) is 1. The van der Waals surface area contributed by atoms with Gasteiger partial charge in [0.25, 0.3) is 5.91 Å². The molecule has 1 aliphatic rings. The average molecular weight is 285 g/mol. The maximum Gasteiger partial charge on any atom is 0.255 e. The Balaban J connectivity index is 2.21. The lowest BCUT2D eigenvalue weighted by Crippen LogP contribution is -2.46. The Hall–Kier alpha value is -1.13. The third kappa shape index (κ3) is 3.07. The van der Waals surface area contributed by atoms with Crippen molar-refractivity contribution in [1.29, 1.82) is 0 Å². The molecule has 1 heterocycles. The van der Waals surface area contributed by atoms with Gasteiger partial charge in [-0.1, -0.05) is 11.6 Å². The zero-order valence-corrected chi connectivity index (χ0v) is 11.9. The van der Waals surface area contributed by atoms with E-state index in [1.54, 1.807) is 18.9 Å². The van der Waals surface area contributed by atoms with Crippen molar-refractivity contribution in [3.05, 3.63) is 34.1 Å². The molecule has 1 N–H and O–H groups in total. The Morgan fingerprint density at radius 1 is 1.53 bits per heavy atom. The van der Waals surface area contributed by atoms with E-state index < -0.39 is 5.82 Å². The van der Waals surface area contributed by atoms with E-state index in [1.807, 2.05) is 0 Å². The molecule has 5 heteroatoms. The third-order valence-corrected chi connectivity index (χ3v) is 3.93. The monoisotopic (exact) mass is 284 g/mol. The van der Waals surface area contributed by atoms with E-state index in [1.165, 1.54) is 12.1 Å². The number of nitrogens with one attached hydrogen (secondary N) is 1. The SMILES string of the molecule is Cc1cc(Cl)c(C(=O)N(C)C2CCCNC2)cc1F. The van der Waals surface area contributed by atoms with Gasteiger partial charge in [0.1, 0.15) is 5.82 Å². The number of carbonyl (C=O) groups excluding carboxylic acids is 1. The van der Waals surface area contributed by atoms with Crippen molar-refractivity contribution < 1.29 is 9.18 Å². The highest BCUT2D eigenvalue weighted by Crippen LogP contribution is 2.23. The summed E-state index contributed by atoms with van der Waals surface area (Å²) in [6.45, 7) is 3.39. The largest absolute Gasteiger partial charge is 0.337 e. The average Bonchev–Trinajstić information content (AvgIpc) is 2.42. The van der Waals surface area contributed by atoms with Crippen LogP contribution in [0, 0.1) is 12.7 Å². The molecule has 1 atom stereocenters. The summed E-state index contributed by atoms with van der Waals surface area (Å²) in [7, 11) is 1.74. The smallest absolute Gasteiger partial charge is 0.255 e. The summed E-state index contributed by atoms with van der Waals surface area (Å²) in [4.78, 5) is 14.0. The number of rotatable bonds is 2. The van der Waals surface area contributed by atoms with Crippen LogP contribution >= 0.6 is 11.6 Å². The van der Waals surface area contributed by atoms with Crippen molar-refractivity contribution in [3.63, 3.8) is 0 Å². The van der Waals surface area contributed by atoms with Gasteiger partial charge in [0.2, 0.25) is 0 Å². The third-order valence-electron chi connectivity index (χ3n) is 3.62. The van der Waals surface area contributed by atoms with Gasteiger partial charge in [-0.2, -0.15) is 0 Å². The quantitative estimate of drug-likeness (QED) is 0.905. The van der Waals surface area contributed by atoms with Crippen molar-refractivity contribution in [2.24, 2.45) is 0 Å². The van der Waals surface area contributed by atoms with Gasteiger partial charge < -0.3 is 10.2 Å². The Morgan fingerprint density at radius 3 is 2.89 bits per heavy atom. The zero-order valence-electron chi connectivity index (χ0n) is 11.2. The molecule has 0 bridgehead atoms.